The van der Waals surface area contributed by atoms with Crippen LogP contribution in [-0.2, 0) is 0 Å². The van der Waals surface area contributed by atoms with Crippen molar-refractivity contribution in [2.45, 2.75) is 6.43 Å². The van der Waals surface area contributed by atoms with Gasteiger partial charge in [0.2, 0.25) is 5.28 Å². The Kier molecular flexibility index (Phi) is 3.10. The van der Waals surface area contributed by atoms with Gasteiger partial charge in [-0.2, -0.15) is 0 Å². The van der Waals surface area contributed by atoms with Gasteiger partial charge in [0, 0.05) is 5.56 Å². The van der Waals surface area contributed by atoms with Crippen molar-refractivity contribution in [2.75, 3.05) is 0 Å². The highest BCUT2D eigenvalue weighted by Crippen LogP contribution is 2.24. The first-order valence-corrected chi connectivity index (χ1v) is 4.92. The molecule has 82 valence electrons. The number of halogens is 3. The Balaban J connectivity index is 2.50. The van der Waals surface area contributed by atoms with Gasteiger partial charge in [-0.25, -0.2) is 18.7 Å². The Morgan fingerprint density at radius 3 is 2.38 bits per heavy atom. The minimum absolute atomic E-state index is 0.170. The fourth-order valence-electron chi connectivity index (χ4n) is 1.30. The fourth-order valence-corrected chi connectivity index (χ4v) is 1.49. The zero-order valence-corrected chi connectivity index (χ0v) is 8.83. The van der Waals surface area contributed by atoms with Gasteiger partial charge in [0.1, 0.15) is 5.69 Å². The Bertz CT molecular complexity index is 489. The smallest absolute Gasteiger partial charge is 0.218 e. The van der Waals surface area contributed by atoms with Gasteiger partial charge in [-0.15, -0.1) is 0 Å². The van der Waals surface area contributed by atoms with Crippen LogP contribution >= 0.6 is 11.6 Å². The molecule has 0 aliphatic carbocycles. The molecule has 1 heterocycles. The van der Waals surface area contributed by atoms with Gasteiger partial charge in [0.05, 0.1) is 5.69 Å². The summed E-state index contributed by atoms with van der Waals surface area (Å²) in [6.45, 7) is 0. The minimum atomic E-state index is -2.65. The van der Waals surface area contributed by atoms with E-state index in [-0.39, 0.29) is 11.0 Å². The van der Waals surface area contributed by atoms with Gasteiger partial charge >= 0.3 is 0 Å². The summed E-state index contributed by atoms with van der Waals surface area (Å²) in [4.78, 5) is 7.37. The zero-order chi connectivity index (χ0) is 11.5. The molecule has 16 heavy (non-hydrogen) atoms. The lowest BCUT2D eigenvalue weighted by Crippen LogP contribution is -1.95. The topological polar surface area (TPSA) is 25.8 Å². The van der Waals surface area contributed by atoms with Crippen LogP contribution in [0.15, 0.2) is 36.4 Å². The van der Waals surface area contributed by atoms with Crippen LogP contribution < -0.4 is 0 Å². The van der Waals surface area contributed by atoms with Crippen molar-refractivity contribution < 1.29 is 8.78 Å². The average molecular weight is 241 g/mol. The van der Waals surface area contributed by atoms with E-state index in [0.717, 1.165) is 5.56 Å². The van der Waals surface area contributed by atoms with Crippen LogP contribution in [0.25, 0.3) is 11.3 Å². The summed E-state index contributed by atoms with van der Waals surface area (Å²) < 4.78 is 25.0. The van der Waals surface area contributed by atoms with E-state index in [1.807, 2.05) is 6.07 Å². The molecule has 0 saturated carbocycles. The highest BCUT2D eigenvalue weighted by Gasteiger charge is 2.12. The monoisotopic (exact) mass is 240 g/mol. The zero-order valence-electron chi connectivity index (χ0n) is 8.07. The highest BCUT2D eigenvalue weighted by atomic mass is 35.5. The molecule has 5 heteroatoms. The molecule has 0 aliphatic heterocycles. The number of hydrogen-bond donors (Lipinski definition) is 0. The van der Waals surface area contributed by atoms with Crippen molar-refractivity contribution >= 4 is 11.6 Å². The quantitative estimate of drug-likeness (QED) is 0.748. The maximum Gasteiger partial charge on any atom is 0.280 e. The molecule has 0 aliphatic rings. The molecule has 0 N–H and O–H groups in total. The summed E-state index contributed by atoms with van der Waals surface area (Å²) in [5.74, 6) is 0. The molecule has 0 fully saturated rings. The van der Waals surface area contributed by atoms with Crippen LogP contribution in [0.3, 0.4) is 0 Å². The Labute approximate surface area is 95.9 Å². The van der Waals surface area contributed by atoms with Gasteiger partial charge in [-0.1, -0.05) is 30.3 Å². The molecular weight excluding hydrogens is 234 g/mol. The van der Waals surface area contributed by atoms with E-state index < -0.39 is 6.43 Å². The lowest BCUT2D eigenvalue weighted by Gasteiger charge is -2.04. The van der Waals surface area contributed by atoms with E-state index in [2.05, 4.69) is 9.97 Å². The van der Waals surface area contributed by atoms with E-state index in [4.69, 9.17) is 11.6 Å². The second kappa shape index (κ2) is 4.53. The van der Waals surface area contributed by atoms with Crippen molar-refractivity contribution in [1.82, 2.24) is 9.97 Å². The normalized spacial score (nSPS) is 10.8. The molecule has 0 radical (unpaired) electrons. The van der Waals surface area contributed by atoms with Crippen molar-refractivity contribution in [3.8, 4) is 11.3 Å². The summed E-state index contributed by atoms with van der Waals surface area (Å²) in [6, 6.07) is 10.2. The predicted octanol–water partition coefficient (Wildman–Crippen LogP) is 3.73. The third kappa shape index (κ3) is 2.33. The summed E-state index contributed by atoms with van der Waals surface area (Å²) in [5.41, 5.74) is 0.767. The van der Waals surface area contributed by atoms with Gasteiger partial charge in [0.15, 0.2) is 0 Å². The molecule has 0 spiro atoms. The molecule has 2 aromatic rings. The van der Waals surface area contributed by atoms with Crippen LogP contribution in [0.5, 0.6) is 0 Å². The SMILES string of the molecule is FC(F)c1cc(-c2ccccc2)nc(Cl)n1. The molecule has 0 unspecified atom stereocenters. The van der Waals surface area contributed by atoms with Crippen molar-refractivity contribution in [3.63, 3.8) is 0 Å². The van der Waals surface area contributed by atoms with Crippen LogP contribution in [-0.4, -0.2) is 9.97 Å². The van der Waals surface area contributed by atoms with E-state index in [1.165, 1.54) is 6.07 Å². The molecular formula is C11H7ClF2N2. The summed E-state index contributed by atoms with van der Waals surface area (Å²) in [5, 5.41) is -0.170. The number of aromatic nitrogens is 2. The van der Waals surface area contributed by atoms with E-state index in [0.29, 0.717) is 5.69 Å². The van der Waals surface area contributed by atoms with Crippen molar-refractivity contribution in [1.29, 1.82) is 0 Å². The Morgan fingerprint density at radius 2 is 1.75 bits per heavy atom. The second-order valence-corrected chi connectivity index (χ2v) is 3.45. The highest BCUT2D eigenvalue weighted by molar-refractivity contribution is 6.28. The summed E-state index contributed by atoms with van der Waals surface area (Å²) in [7, 11) is 0. The van der Waals surface area contributed by atoms with Crippen LogP contribution in [0.1, 0.15) is 12.1 Å². The minimum Gasteiger partial charge on any atom is -0.218 e. The van der Waals surface area contributed by atoms with Crippen molar-refractivity contribution in [3.05, 3.63) is 47.4 Å². The number of nitrogens with zero attached hydrogens (tertiary/aromatic N) is 2. The largest absolute Gasteiger partial charge is 0.280 e. The predicted molar refractivity (Wildman–Crippen MR) is 57.4 cm³/mol. The first-order valence-electron chi connectivity index (χ1n) is 4.55. The van der Waals surface area contributed by atoms with E-state index in [1.54, 1.807) is 24.3 Å². The molecule has 2 nitrogen and oxygen atoms in total. The fraction of sp³-hybridized carbons (Fsp3) is 0.0909. The molecule has 0 saturated heterocycles. The van der Waals surface area contributed by atoms with Gasteiger partial charge in [-0.3, -0.25) is 0 Å². The maximum atomic E-state index is 12.5. The molecule has 0 bridgehead atoms. The molecule has 0 atom stereocenters. The summed E-state index contributed by atoms with van der Waals surface area (Å²) in [6.07, 6.45) is -2.65. The third-order valence-electron chi connectivity index (χ3n) is 2.01. The van der Waals surface area contributed by atoms with Crippen LogP contribution in [0.2, 0.25) is 5.28 Å². The number of benzene rings is 1. The van der Waals surface area contributed by atoms with Crippen molar-refractivity contribution in [2.24, 2.45) is 0 Å². The molecule has 2 rings (SSSR count). The van der Waals surface area contributed by atoms with E-state index in [9.17, 15) is 8.78 Å². The third-order valence-corrected chi connectivity index (χ3v) is 2.18. The van der Waals surface area contributed by atoms with E-state index >= 15 is 0 Å². The number of alkyl halides is 2. The number of hydrogen-bond acceptors (Lipinski definition) is 2. The molecule has 1 aromatic heterocycles. The number of rotatable bonds is 2. The van der Waals surface area contributed by atoms with Crippen LogP contribution in [0.4, 0.5) is 8.78 Å². The summed E-state index contributed by atoms with van der Waals surface area (Å²) >= 11 is 5.59. The lowest BCUT2D eigenvalue weighted by molar-refractivity contribution is 0.146. The average Bonchev–Trinajstić information content (AvgIpc) is 2.29. The second-order valence-electron chi connectivity index (χ2n) is 3.11. The first kappa shape index (κ1) is 11.0. The first-order chi connectivity index (χ1) is 7.66. The standard InChI is InChI=1S/C11H7ClF2N2/c12-11-15-8(6-9(16-11)10(13)14)7-4-2-1-3-5-7/h1-6,10H. The molecule has 1 aromatic carbocycles. The van der Waals surface area contributed by atoms with Gasteiger partial charge in [0.25, 0.3) is 6.43 Å². The maximum absolute atomic E-state index is 12.5. The lowest BCUT2D eigenvalue weighted by atomic mass is 10.1. The Hall–Kier alpha value is -1.55. The molecule has 0 amide bonds. The van der Waals surface area contributed by atoms with Crippen LogP contribution in [0, 0.1) is 0 Å². The Morgan fingerprint density at radius 1 is 1.06 bits per heavy atom. The van der Waals surface area contributed by atoms with Gasteiger partial charge in [-0.05, 0) is 17.7 Å². The van der Waals surface area contributed by atoms with Gasteiger partial charge < -0.3 is 0 Å².